The number of nitrogens with one attached hydrogen (secondary N) is 1. The van der Waals surface area contributed by atoms with Gasteiger partial charge in [0, 0.05) is 6.54 Å². The fourth-order valence-corrected chi connectivity index (χ4v) is 2.84. The van der Waals surface area contributed by atoms with Crippen LogP contribution in [0.3, 0.4) is 0 Å². The molecule has 1 nitrogen and oxygen atoms in total. The summed E-state index contributed by atoms with van der Waals surface area (Å²) in [5.41, 5.74) is 1.15. The Morgan fingerprint density at radius 1 is 0.875 bits per heavy atom. The van der Waals surface area contributed by atoms with Crippen LogP contribution in [-0.4, -0.2) is 20.3 Å². The summed E-state index contributed by atoms with van der Waals surface area (Å²) in [6.45, 7) is 9.03. The minimum absolute atomic E-state index is 0.131. The van der Waals surface area contributed by atoms with Crippen molar-refractivity contribution in [3.63, 3.8) is 0 Å². The van der Waals surface area contributed by atoms with Crippen LogP contribution in [0, 0.1) is 0 Å². The molecule has 0 amide bonds. The molecule has 0 heterocycles. The van der Waals surface area contributed by atoms with E-state index in [9.17, 15) is 0 Å². The summed E-state index contributed by atoms with van der Waals surface area (Å²) >= 11 is 0. The Morgan fingerprint density at radius 3 is 1.92 bits per heavy atom. The van der Waals surface area contributed by atoms with Crippen molar-refractivity contribution in [1.29, 1.82) is 0 Å². The van der Waals surface area contributed by atoms with Gasteiger partial charge in [0.05, 0.1) is 7.85 Å². The van der Waals surface area contributed by atoms with Crippen LogP contribution in [0.4, 0.5) is 0 Å². The van der Waals surface area contributed by atoms with Crippen molar-refractivity contribution in [2.45, 2.75) is 110 Å². The number of hydrogen-bond donors (Lipinski definition) is 1. The highest BCUT2D eigenvalue weighted by Crippen LogP contribution is 2.10. The number of hydrogen-bond acceptors (Lipinski definition) is 1. The van der Waals surface area contributed by atoms with Crippen LogP contribution in [0.15, 0.2) is 24.3 Å². The molecule has 0 spiro atoms. The van der Waals surface area contributed by atoms with Crippen LogP contribution in [-0.2, 0) is 0 Å². The van der Waals surface area contributed by atoms with E-state index in [1.807, 2.05) is 6.92 Å². The molecule has 0 aromatic heterocycles. The molecule has 0 bridgehead atoms. The first-order valence-electron chi connectivity index (χ1n) is 10.4. The normalized spacial score (nSPS) is 12.8. The Labute approximate surface area is 154 Å². The predicted octanol–water partition coefficient (Wildman–Crippen LogP) is 6.68. The summed E-state index contributed by atoms with van der Waals surface area (Å²) in [6.07, 6.45) is 23.4. The number of rotatable bonds is 18. The zero-order valence-corrected chi connectivity index (χ0v) is 16.6. The summed E-state index contributed by atoms with van der Waals surface area (Å²) in [4.78, 5) is 0. The summed E-state index contributed by atoms with van der Waals surface area (Å²) < 4.78 is 0. The van der Waals surface area contributed by atoms with Crippen molar-refractivity contribution >= 4 is 7.85 Å². The molecule has 2 radical (unpaired) electrons. The predicted molar refractivity (Wildman–Crippen MR) is 112 cm³/mol. The van der Waals surface area contributed by atoms with E-state index < -0.39 is 0 Å². The molecule has 0 aromatic rings. The highest BCUT2D eigenvalue weighted by atomic mass is 14.9. The first-order valence-corrected chi connectivity index (χ1v) is 10.4. The Balaban J connectivity index is 3.19. The highest BCUT2D eigenvalue weighted by Gasteiger charge is 2.00. The largest absolute Gasteiger partial charge is 0.319 e. The van der Waals surface area contributed by atoms with E-state index in [2.05, 4.69) is 31.0 Å². The van der Waals surface area contributed by atoms with Crippen LogP contribution >= 0.6 is 0 Å². The second-order valence-electron chi connectivity index (χ2n) is 7.32. The number of unbranched alkanes of at least 4 members (excludes halogenated alkanes) is 11. The third-order valence-electron chi connectivity index (χ3n) is 4.44. The van der Waals surface area contributed by atoms with E-state index >= 15 is 0 Å². The third kappa shape index (κ3) is 19.6. The van der Waals surface area contributed by atoms with E-state index in [1.165, 1.54) is 83.5 Å². The zero-order valence-electron chi connectivity index (χ0n) is 16.6. The van der Waals surface area contributed by atoms with Crippen molar-refractivity contribution in [1.82, 2.24) is 5.32 Å². The second kappa shape index (κ2) is 18.8. The molecule has 0 saturated carbocycles. The Kier molecular flexibility index (Phi) is 18.4. The van der Waals surface area contributed by atoms with Gasteiger partial charge < -0.3 is 5.32 Å². The standard InChI is InChI=1S/C22H42BN/c1-4-5-6-7-8-9-10-11-12-13-14-15-16-17-18-19-22(23)24-20-21(2)3/h11-12,22,24H,2,4-10,13-20H2,1,3H3/b12-11+. The van der Waals surface area contributed by atoms with Gasteiger partial charge in [0.2, 0.25) is 0 Å². The lowest BCUT2D eigenvalue weighted by molar-refractivity contribution is 0.551. The molecule has 0 rings (SSSR count). The van der Waals surface area contributed by atoms with Crippen molar-refractivity contribution in [3.05, 3.63) is 24.3 Å². The third-order valence-corrected chi connectivity index (χ3v) is 4.44. The minimum Gasteiger partial charge on any atom is -0.319 e. The minimum atomic E-state index is 0.131. The molecule has 0 aliphatic heterocycles. The van der Waals surface area contributed by atoms with E-state index in [0.717, 1.165) is 18.5 Å². The van der Waals surface area contributed by atoms with Gasteiger partial charge in [-0.05, 0) is 45.0 Å². The van der Waals surface area contributed by atoms with Crippen molar-refractivity contribution in [2.75, 3.05) is 6.54 Å². The molecule has 0 aliphatic rings. The molecule has 0 aliphatic carbocycles. The monoisotopic (exact) mass is 331 g/mol. The van der Waals surface area contributed by atoms with E-state index in [4.69, 9.17) is 7.85 Å². The Morgan fingerprint density at radius 2 is 1.38 bits per heavy atom. The van der Waals surface area contributed by atoms with E-state index in [1.54, 1.807) is 0 Å². The van der Waals surface area contributed by atoms with Crippen molar-refractivity contribution < 1.29 is 0 Å². The van der Waals surface area contributed by atoms with Gasteiger partial charge in [-0.3, -0.25) is 0 Å². The van der Waals surface area contributed by atoms with E-state index in [0.29, 0.717) is 0 Å². The number of allylic oxidation sites excluding steroid dienone is 2. The maximum absolute atomic E-state index is 6.01. The van der Waals surface area contributed by atoms with Gasteiger partial charge in [-0.15, -0.1) is 0 Å². The van der Waals surface area contributed by atoms with Crippen LogP contribution in [0.5, 0.6) is 0 Å². The van der Waals surface area contributed by atoms with Gasteiger partial charge in [0.1, 0.15) is 0 Å². The first kappa shape index (κ1) is 23.5. The molecule has 1 atom stereocenters. The molecule has 138 valence electrons. The van der Waals surface area contributed by atoms with Gasteiger partial charge in [0.25, 0.3) is 0 Å². The SMILES string of the molecule is [B]C(CCCCCCC/C=C/CCCCCCCC)NCC(=C)C. The topological polar surface area (TPSA) is 12.0 Å². The van der Waals surface area contributed by atoms with Gasteiger partial charge in [0.15, 0.2) is 0 Å². The maximum Gasteiger partial charge on any atom is 0.0906 e. The van der Waals surface area contributed by atoms with Gasteiger partial charge in [-0.25, -0.2) is 0 Å². The fourth-order valence-electron chi connectivity index (χ4n) is 2.84. The maximum atomic E-state index is 6.01. The molecule has 0 saturated heterocycles. The van der Waals surface area contributed by atoms with Crippen LogP contribution < -0.4 is 5.32 Å². The average Bonchev–Trinajstić information content (AvgIpc) is 2.56. The molecule has 1 unspecified atom stereocenters. The van der Waals surface area contributed by atoms with Crippen LogP contribution in [0.25, 0.3) is 0 Å². The lowest BCUT2D eigenvalue weighted by Gasteiger charge is -2.13. The molecular weight excluding hydrogens is 289 g/mol. The van der Waals surface area contributed by atoms with Crippen LogP contribution in [0.2, 0.25) is 0 Å². The second-order valence-corrected chi connectivity index (χ2v) is 7.32. The van der Waals surface area contributed by atoms with Gasteiger partial charge >= 0.3 is 0 Å². The van der Waals surface area contributed by atoms with Crippen LogP contribution in [0.1, 0.15) is 104 Å². The molecular formula is C22H42BN. The lowest BCUT2D eigenvalue weighted by atomic mass is 9.90. The van der Waals surface area contributed by atoms with Gasteiger partial charge in [-0.1, -0.05) is 89.0 Å². The highest BCUT2D eigenvalue weighted by molar-refractivity contribution is 6.11. The summed E-state index contributed by atoms with van der Waals surface area (Å²) in [5, 5.41) is 3.30. The van der Waals surface area contributed by atoms with Crippen molar-refractivity contribution in [3.8, 4) is 0 Å². The zero-order chi connectivity index (χ0) is 17.9. The Hall–Kier alpha value is -0.495. The molecule has 0 aromatic carbocycles. The van der Waals surface area contributed by atoms with Gasteiger partial charge in [-0.2, -0.15) is 0 Å². The van der Waals surface area contributed by atoms with Crippen molar-refractivity contribution in [2.24, 2.45) is 0 Å². The fraction of sp³-hybridized carbons (Fsp3) is 0.818. The lowest BCUT2D eigenvalue weighted by Crippen LogP contribution is -2.30. The average molecular weight is 331 g/mol. The molecule has 0 fully saturated rings. The van der Waals surface area contributed by atoms with E-state index in [-0.39, 0.29) is 5.94 Å². The quantitative estimate of drug-likeness (QED) is 0.168. The molecule has 1 N–H and O–H groups in total. The molecule has 24 heavy (non-hydrogen) atoms. The summed E-state index contributed by atoms with van der Waals surface area (Å²) in [6, 6.07) is 0. The first-order chi connectivity index (χ1) is 11.7. The Bertz CT molecular complexity index is 298. The summed E-state index contributed by atoms with van der Waals surface area (Å²) in [5.74, 6) is 0.131. The smallest absolute Gasteiger partial charge is 0.0906 e. The summed E-state index contributed by atoms with van der Waals surface area (Å²) in [7, 11) is 6.01. The molecule has 2 heteroatoms.